The van der Waals surface area contributed by atoms with Gasteiger partial charge in [-0.05, 0) is 19.3 Å². The zero-order valence-corrected chi connectivity index (χ0v) is 8.85. The molecule has 0 atom stereocenters. The summed E-state index contributed by atoms with van der Waals surface area (Å²) in [7, 11) is 0. The van der Waals surface area contributed by atoms with Gasteiger partial charge < -0.3 is 14.4 Å². The molecule has 1 aliphatic heterocycles. The summed E-state index contributed by atoms with van der Waals surface area (Å²) in [5.74, 6) is -0.342. The van der Waals surface area contributed by atoms with E-state index in [-0.39, 0.29) is 5.97 Å². The molecular weight excluding hydrogens is 194 g/mol. The van der Waals surface area contributed by atoms with E-state index in [1.54, 1.807) is 6.26 Å². The van der Waals surface area contributed by atoms with Crippen molar-refractivity contribution in [3.8, 4) is 0 Å². The summed E-state index contributed by atoms with van der Waals surface area (Å²) in [5.41, 5.74) is 0. The van der Waals surface area contributed by atoms with Crippen LogP contribution in [0.15, 0.2) is 25.1 Å². The number of hydrogen-bond donors (Lipinski definition) is 0. The Morgan fingerprint density at radius 2 is 2.40 bits per heavy atom. The van der Waals surface area contributed by atoms with Crippen molar-refractivity contribution in [2.75, 3.05) is 19.9 Å². The molecule has 1 aliphatic rings. The van der Waals surface area contributed by atoms with E-state index < -0.39 is 0 Å². The summed E-state index contributed by atoms with van der Waals surface area (Å²) in [5, 5.41) is 0. The monoisotopic (exact) mass is 211 g/mol. The first kappa shape index (κ1) is 11.6. The van der Waals surface area contributed by atoms with Crippen LogP contribution in [0.25, 0.3) is 0 Å². The Bertz CT molecular complexity index is 238. The number of ether oxygens (including phenoxy) is 2. The second-order valence-electron chi connectivity index (χ2n) is 3.33. The Labute approximate surface area is 90.2 Å². The van der Waals surface area contributed by atoms with E-state index >= 15 is 0 Å². The van der Waals surface area contributed by atoms with Crippen LogP contribution in [-0.2, 0) is 14.3 Å². The Hall–Kier alpha value is -1.45. The molecule has 0 saturated carbocycles. The molecule has 0 unspecified atom stereocenters. The van der Waals surface area contributed by atoms with Gasteiger partial charge in [0.2, 0.25) is 0 Å². The predicted molar refractivity (Wildman–Crippen MR) is 56.8 cm³/mol. The zero-order chi connectivity index (χ0) is 10.9. The fraction of sp³-hybridized carbons (Fsp3) is 0.545. The van der Waals surface area contributed by atoms with E-state index in [2.05, 4.69) is 11.5 Å². The smallest absolute Gasteiger partial charge is 0.330 e. The lowest BCUT2D eigenvalue weighted by molar-refractivity contribution is -0.137. The summed E-state index contributed by atoms with van der Waals surface area (Å²) in [4.78, 5) is 12.8. The van der Waals surface area contributed by atoms with Gasteiger partial charge in [-0.25, -0.2) is 4.79 Å². The topological polar surface area (TPSA) is 38.8 Å². The molecule has 84 valence electrons. The van der Waals surface area contributed by atoms with E-state index in [1.165, 1.54) is 6.08 Å². The van der Waals surface area contributed by atoms with Crippen molar-refractivity contribution in [1.82, 2.24) is 4.90 Å². The van der Waals surface area contributed by atoms with Crippen molar-refractivity contribution in [1.29, 1.82) is 0 Å². The predicted octanol–water partition coefficient (Wildman–Crippen LogP) is 1.65. The average Bonchev–Trinajstić information content (AvgIpc) is 2.75. The molecule has 1 rings (SSSR count). The Morgan fingerprint density at radius 1 is 1.53 bits per heavy atom. The van der Waals surface area contributed by atoms with Crippen LogP contribution >= 0.6 is 0 Å². The van der Waals surface area contributed by atoms with Crippen LogP contribution in [-0.4, -0.2) is 30.8 Å². The van der Waals surface area contributed by atoms with Gasteiger partial charge in [0.15, 0.2) is 6.73 Å². The molecule has 0 amide bonds. The zero-order valence-electron chi connectivity index (χ0n) is 8.85. The standard InChI is InChI=1S/C11H17NO3/c1-2-11(13)15-8-5-3-4-6-12-7-9-14-10-12/h2,7,9H,1,3-6,8,10H2. The van der Waals surface area contributed by atoms with Crippen molar-refractivity contribution in [2.24, 2.45) is 0 Å². The second-order valence-corrected chi connectivity index (χ2v) is 3.33. The van der Waals surface area contributed by atoms with Crippen LogP contribution in [0.1, 0.15) is 19.3 Å². The molecule has 0 radical (unpaired) electrons. The lowest BCUT2D eigenvalue weighted by Crippen LogP contribution is -2.16. The fourth-order valence-electron chi connectivity index (χ4n) is 1.28. The van der Waals surface area contributed by atoms with Crippen LogP contribution in [0, 0.1) is 0 Å². The minimum absolute atomic E-state index is 0.342. The van der Waals surface area contributed by atoms with Gasteiger partial charge in [-0.1, -0.05) is 6.58 Å². The molecule has 15 heavy (non-hydrogen) atoms. The Morgan fingerprint density at radius 3 is 3.07 bits per heavy atom. The lowest BCUT2D eigenvalue weighted by Gasteiger charge is -2.12. The number of carbonyl (C=O) groups is 1. The molecule has 0 N–H and O–H groups in total. The van der Waals surface area contributed by atoms with Crippen molar-refractivity contribution < 1.29 is 14.3 Å². The highest BCUT2D eigenvalue weighted by Gasteiger charge is 2.03. The second kappa shape index (κ2) is 6.92. The van der Waals surface area contributed by atoms with Gasteiger partial charge in [0.05, 0.1) is 6.61 Å². The number of hydrogen-bond acceptors (Lipinski definition) is 4. The van der Waals surface area contributed by atoms with Gasteiger partial charge in [-0.3, -0.25) is 0 Å². The maximum Gasteiger partial charge on any atom is 0.330 e. The third-order valence-electron chi connectivity index (χ3n) is 2.11. The number of esters is 1. The molecule has 0 aromatic rings. The molecule has 0 spiro atoms. The summed E-state index contributed by atoms with van der Waals surface area (Å²) < 4.78 is 9.90. The fourth-order valence-corrected chi connectivity index (χ4v) is 1.28. The first-order chi connectivity index (χ1) is 7.33. The van der Waals surface area contributed by atoms with E-state index in [9.17, 15) is 4.79 Å². The van der Waals surface area contributed by atoms with Gasteiger partial charge in [0.1, 0.15) is 6.26 Å². The molecular formula is C11H17NO3. The average molecular weight is 211 g/mol. The van der Waals surface area contributed by atoms with Crippen LogP contribution in [0.3, 0.4) is 0 Å². The van der Waals surface area contributed by atoms with Gasteiger partial charge in [-0.15, -0.1) is 0 Å². The lowest BCUT2D eigenvalue weighted by atomic mass is 10.2. The summed E-state index contributed by atoms with van der Waals surface area (Å²) in [6.07, 6.45) is 7.86. The number of rotatable bonds is 7. The van der Waals surface area contributed by atoms with Gasteiger partial charge >= 0.3 is 5.97 Å². The molecule has 0 saturated heterocycles. The molecule has 1 heterocycles. The van der Waals surface area contributed by atoms with E-state index in [0.29, 0.717) is 13.3 Å². The van der Waals surface area contributed by atoms with Crippen molar-refractivity contribution in [3.63, 3.8) is 0 Å². The minimum atomic E-state index is -0.342. The molecule has 0 fully saturated rings. The number of unbranched alkanes of at least 4 members (excludes halogenated alkanes) is 2. The quantitative estimate of drug-likeness (QED) is 0.364. The van der Waals surface area contributed by atoms with Crippen molar-refractivity contribution >= 4 is 5.97 Å². The normalized spacial score (nSPS) is 13.7. The molecule has 0 aromatic heterocycles. The maximum absolute atomic E-state index is 10.7. The number of carbonyl (C=O) groups excluding carboxylic acids is 1. The Balaban J connectivity index is 1.86. The summed E-state index contributed by atoms with van der Waals surface area (Å²) in [6, 6.07) is 0. The molecule has 0 aromatic carbocycles. The highest BCUT2D eigenvalue weighted by molar-refractivity contribution is 5.81. The first-order valence-electron chi connectivity index (χ1n) is 5.14. The van der Waals surface area contributed by atoms with Crippen LogP contribution < -0.4 is 0 Å². The number of nitrogens with zero attached hydrogens (tertiary/aromatic N) is 1. The summed E-state index contributed by atoms with van der Waals surface area (Å²) in [6.45, 7) is 5.46. The SMILES string of the molecule is C=CC(=O)OCCCCCN1C=COC1. The summed E-state index contributed by atoms with van der Waals surface area (Å²) >= 11 is 0. The van der Waals surface area contributed by atoms with Gasteiger partial charge in [0.25, 0.3) is 0 Å². The highest BCUT2D eigenvalue weighted by Crippen LogP contribution is 2.04. The van der Waals surface area contributed by atoms with E-state index in [1.807, 2.05) is 6.20 Å². The molecule has 4 heteroatoms. The molecule has 4 nitrogen and oxygen atoms in total. The van der Waals surface area contributed by atoms with Crippen molar-refractivity contribution in [3.05, 3.63) is 25.1 Å². The van der Waals surface area contributed by atoms with E-state index in [0.717, 1.165) is 25.8 Å². The molecule has 0 bridgehead atoms. The third-order valence-corrected chi connectivity index (χ3v) is 2.11. The van der Waals surface area contributed by atoms with Crippen LogP contribution in [0.4, 0.5) is 0 Å². The van der Waals surface area contributed by atoms with Gasteiger partial charge in [0, 0.05) is 18.8 Å². The van der Waals surface area contributed by atoms with Crippen LogP contribution in [0.2, 0.25) is 0 Å². The highest BCUT2D eigenvalue weighted by atomic mass is 16.5. The Kier molecular flexibility index (Phi) is 5.37. The third kappa shape index (κ3) is 5.10. The minimum Gasteiger partial charge on any atom is -0.479 e. The largest absolute Gasteiger partial charge is 0.479 e. The first-order valence-corrected chi connectivity index (χ1v) is 5.14. The van der Waals surface area contributed by atoms with Gasteiger partial charge in [-0.2, -0.15) is 0 Å². The van der Waals surface area contributed by atoms with Crippen LogP contribution in [0.5, 0.6) is 0 Å². The molecule has 0 aliphatic carbocycles. The van der Waals surface area contributed by atoms with Crippen molar-refractivity contribution in [2.45, 2.75) is 19.3 Å². The maximum atomic E-state index is 10.7. The van der Waals surface area contributed by atoms with E-state index in [4.69, 9.17) is 9.47 Å².